The fourth-order valence-corrected chi connectivity index (χ4v) is 3.95. The van der Waals surface area contributed by atoms with Crippen molar-refractivity contribution in [2.24, 2.45) is 4.99 Å². The minimum Gasteiger partial charge on any atom is -0.465 e. The Labute approximate surface area is 170 Å². The van der Waals surface area contributed by atoms with Crippen LogP contribution in [0.5, 0.6) is 11.5 Å². The van der Waals surface area contributed by atoms with Crippen LogP contribution >= 0.6 is 11.3 Å². The van der Waals surface area contributed by atoms with E-state index in [2.05, 4.69) is 4.99 Å². The molecule has 1 amide bonds. The average molecular weight is 410 g/mol. The number of benzene rings is 2. The molecule has 2 aromatic carbocycles. The largest absolute Gasteiger partial charge is 0.465 e. The summed E-state index contributed by atoms with van der Waals surface area (Å²) in [6.45, 7) is 2.24. The Bertz CT molecular complexity index is 1180. The molecule has 0 atom stereocenters. The topological polar surface area (TPSA) is 79.1 Å². The van der Waals surface area contributed by atoms with Crippen LogP contribution in [0.2, 0.25) is 0 Å². The third-order valence-corrected chi connectivity index (χ3v) is 5.26. The molecule has 2 heterocycles. The van der Waals surface area contributed by atoms with Crippen molar-refractivity contribution in [1.82, 2.24) is 4.57 Å². The first kappa shape index (κ1) is 18.9. The molecule has 7 nitrogen and oxygen atoms in total. The van der Waals surface area contributed by atoms with Gasteiger partial charge in [0.1, 0.15) is 6.54 Å². The average Bonchev–Trinajstić information content (AvgIpc) is 3.31. The first-order chi connectivity index (χ1) is 14.1. The second-order valence-corrected chi connectivity index (χ2v) is 7.15. The number of thiazole rings is 1. The van der Waals surface area contributed by atoms with Crippen molar-refractivity contribution in [2.75, 3.05) is 13.4 Å². The Kier molecular flexibility index (Phi) is 5.44. The van der Waals surface area contributed by atoms with Crippen LogP contribution < -0.4 is 14.3 Å². The first-order valence-electron chi connectivity index (χ1n) is 9.04. The van der Waals surface area contributed by atoms with Crippen LogP contribution in [0.3, 0.4) is 0 Å². The number of nitrogens with zero attached hydrogens (tertiary/aromatic N) is 2. The lowest BCUT2D eigenvalue weighted by Gasteiger charge is -2.04. The molecule has 1 aromatic heterocycles. The third-order valence-electron chi connectivity index (χ3n) is 4.20. The predicted molar refractivity (Wildman–Crippen MR) is 109 cm³/mol. The van der Waals surface area contributed by atoms with Crippen molar-refractivity contribution in [3.63, 3.8) is 0 Å². The number of amides is 1. The van der Waals surface area contributed by atoms with Gasteiger partial charge >= 0.3 is 5.97 Å². The number of esters is 1. The van der Waals surface area contributed by atoms with Crippen molar-refractivity contribution in [1.29, 1.82) is 0 Å². The van der Waals surface area contributed by atoms with Gasteiger partial charge in [-0.25, -0.2) is 0 Å². The normalized spacial score (nSPS) is 13.3. The smallest absolute Gasteiger partial charge is 0.326 e. The summed E-state index contributed by atoms with van der Waals surface area (Å²) in [5.41, 5.74) is 1.63. The van der Waals surface area contributed by atoms with Crippen LogP contribution in [-0.2, 0) is 20.9 Å². The van der Waals surface area contributed by atoms with Crippen LogP contribution in [0, 0.1) is 0 Å². The number of hydrogen-bond donors (Lipinski definition) is 0. The highest BCUT2D eigenvalue weighted by Gasteiger charge is 2.13. The van der Waals surface area contributed by atoms with E-state index in [0.29, 0.717) is 22.9 Å². The second kappa shape index (κ2) is 8.32. The zero-order valence-electron chi connectivity index (χ0n) is 15.7. The number of fused-ring (bicyclic) bond motifs is 2. The summed E-state index contributed by atoms with van der Waals surface area (Å²) < 4.78 is 18.3. The predicted octanol–water partition coefficient (Wildman–Crippen LogP) is 3.14. The van der Waals surface area contributed by atoms with E-state index >= 15 is 0 Å². The van der Waals surface area contributed by atoms with E-state index in [9.17, 15) is 9.59 Å². The molecular weight excluding hydrogens is 392 g/mol. The molecule has 8 heteroatoms. The van der Waals surface area contributed by atoms with Crippen LogP contribution in [0.25, 0.3) is 16.3 Å². The number of aromatic nitrogens is 1. The summed E-state index contributed by atoms with van der Waals surface area (Å²) in [4.78, 5) is 29.1. The summed E-state index contributed by atoms with van der Waals surface area (Å²) in [5, 5.41) is 0. The minimum absolute atomic E-state index is 0.00413. The van der Waals surface area contributed by atoms with E-state index in [1.54, 1.807) is 29.7 Å². The van der Waals surface area contributed by atoms with Crippen molar-refractivity contribution in [3.8, 4) is 11.5 Å². The Morgan fingerprint density at radius 1 is 1.21 bits per heavy atom. The van der Waals surface area contributed by atoms with Gasteiger partial charge in [-0.05, 0) is 42.8 Å². The third kappa shape index (κ3) is 4.22. The van der Waals surface area contributed by atoms with Gasteiger partial charge in [0.25, 0.3) is 5.91 Å². The van der Waals surface area contributed by atoms with Gasteiger partial charge in [-0.15, -0.1) is 0 Å². The molecule has 1 aliphatic rings. The first-order valence-corrected chi connectivity index (χ1v) is 9.86. The molecule has 0 radical (unpaired) electrons. The van der Waals surface area contributed by atoms with E-state index in [4.69, 9.17) is 14.2 Å². The number of carbonyl (C=O) groups excluding carboxylic acids is 2. The summed E-state index contributed by atoms with van der Waals surface area (Å²) in [7, 11) is 0. The molecule has 0 unspecified atom stereocenters. The molecule has 0 aliphatic carbocycles. The number of carbonyl (C=O) groups is 2. The standard InChI is InChI=1S/C21H18N2O5S/c1-2-26-20(25)12-23-15-5-3-4-6-18(15)29-21(23)22-19(24)10-8-14-7-9-16-17(11-14)28-13-27-16/h3-11H,2,12-13H2,1H3. The van der Waals surface area contributed by atoms with E-state index in [1.165, 1.54) is 17.4 Å². The van der Waals surface area contributed by atoms with Crippen molar-refractivity contribution in [3.05, 3.63) is 58.9 Å². The van der Waals surface area contributed by atoms with E-state index in [1.807, 2.05) is 30.3 Å². The Balaban J connectivity index is 1.62. The van der Waals surface area contributed by atoms with Gasteiger partial charge < -0.3 is 18.8 Å². The lowest BCUT2D eigenvalue weighted by atomic mass is 10.2. The molecule has 0 bridgehead atoms. The second-order valence-electron chi connectivity index (χ2n) is 6.14. The number of hydrogen-bond acceptors (Lipinski definition) is 6. The highest BCUT2D eigenvalue weighted by atomic mass is 32.1. The molecule has 1 aliphatic heterocycles. The highest BCUT2D eigenvalue weighted by molar-refractivity contribution is 7.16. The maximum Gasteiger partial charge on any atom is 0.326 e. The molecule has 3 aromatic rings. The van der Waals surface area contributed by atoms with Gasteiger partial charge in [-0.3, -0.25) is 9.59 Å². The van der Waals surface area contributed by atoms with E-state index in [0.717, 1.165) is 15.8 Å². The highest BCUT2D eigenvalue weighted by Crippen LogP contribution is 2.32. The molecule has 0 saturated carbocycles. The lowest BCUT2D eigenvalue weighted by Crippen LogP contribution is -2.22. The number of para-hydroxylation sites is 1. The Morgan fingerprint density at radius 2 is 2.03 bits per heavy atom. The summed E-state index contributed by atoms with van der Waals surface area (Å²) in [6, 6.07) is 13.0. The van der Waals surface area contributed by atoms with Crippen molar-refractivity contribution >= 4 is 39.5 Å². The monoisotopic (exact) mass is 410 g/mol. The van der Waals surface area contributed by atoms with Gasteiger partial charge in [-0.1, -0.05) is 29.5 Å². The SMILES string of the molecule is CCOC(=O)Cn1c(=NC(=O)C=Cc2ccc3c(c2)OCO3)sc2ccccc21. The molecule has 0 N–H and O–H groups in total. The molecule has 0 saturated heterocycles. The molecule has 0 fully saturated rings. The molecular formula is C21H18N2O5S. The maximum atomic E-state index is 12.4. The van der Waals surface area contributed by atoms with Gasteiger partial charge in [0.05, 0.1) is 16.8 Å². The fourth-order valence-electron chi connectivity index (χ4n) is 2.91. The van der Waals surface area contributed by atoms with E-state index < -0.39 is 5.91 Å². The summed E-state index contributed by atoms with van der Waals surface area (Å²) >= 11 is 1.35. The Hall–Kier alpha value is -3.39. The lowest BCUT2D eigenvalue weighted by molar-refractivity contribution is -0.143. The Morgan fingerprint density at radius 3 is 2.90 bits per heavy atom. The molecule has 29 heavy (non-hydrogen) atoms. The zero-order valence-corrected chi connectivity index (χ0v) is 16.5. The summed E-state index contributed by atoms with van der Waals surface area (Å²) in [6.07, 6.45) is 3.05. The van der Waals surface area contributed by atoms with Crippen molar-refractivity contribution in [2.45, 2.75) is 13.5 Å². The van der Waals surface area contributed by atoms with Gasteiger partial charge in [0.2, 0.25) is 6.79 Å². The maximum absolute atomic E-state index is 12.4. The number of ether oxygens (including phenoxy) is 3. The van der Waals surface area contributed by atoms with Crippen LogP contribution in [-0.4, -0.2) is 29.8 Å². The van der Waals surface area contributed by atoms with Gasteiger partial charge in [-0.2, -0.15) is 4.99 Å². The van der Waals surface area contributed by atoms with Crippen LogP contribution in [0.4, 0.5) is 0 Å². The molecule has 148 valence electrons. The van der Waals surface area contributed by atoms with E-state index in [-0.39, 0.29) is 19.3 Å². The summed E-state index contributed by atoms with van der Waals surface area (Å²) in [5.74, 6) is 0.532. The van der Waals surface area contributed by atoms with Gasteiger partial charge in [0, 0.05) is 6.08 Å². The van der Waals surface area contributed by atoms with Crippen LogP contribution in [0.1, 0.15) is 12.5 Å². The molecule has 4 rings (SSSR count). The minimum atomic E-state index is -0.424. The van der Waals surface area contributed by atoms with Crippen LogP contribution in [0.15, 0.2) is 53.5 Å². The number of rotatable bonds is 5. The quantitative estimate of drug-likeness (QED) is 0.477. The fraction of sp³-hybridized carbons (Fsp3) is 0.190. The van der Waals surface area contributed by atoms with Crippen molar-refractivity contribution < 1.29 is 23.8 Å². The molecule has 0 spiro atoms. The van der Waals surface area contributed by atoms with Gasteiger partial charge in [0.15, 0.2) is 16.3 Å². The zero-order chi connectivity index (χ0) is 20.2.